The van der Waals surface area contributed by atoms with E-state index >= 15 is 0 Å². The van der Waals surface area contributed by atoms with Crippen LogP contribution in [0.25, 0.3) is 11.0 Å². The fourth-order valence-corrected chi connectivity index (χ4v) is 3.70. The lowest BCUT2D eigenvalue weighted by molar-refractivity contribution is -0.118. The zero-order valence-corrected chi connectivity index (χ0v) is 18.5. The van der Waals surface area contributed by atoms with Crippen molar-refractivity contribution in [1.82, 2.24) is 20.5 Å². The van der Waals surface area contributed by atoms with Gasteiger partial charge < -0.3 is 24.4 Å². The van der Waals surface area contributed by atoms with Crippen molar-refractivity contribution in [2.24, 2.45) is 0 Å². The number of nitrogens with one attached hydrogen (secondary N) is 2. The Balaban J connectivity index is 1.40. The summed E-state index contributed by atoms with van der Waals surface area (Å²) in [7, 11) is 1.58. The highest BCUT2D eigenvalue weighted by Crippen LogP contribution is 2.22. The van der Waals surface area contributed by atoms with E-state index in [1.54, 1.807) is 24.3 Å². The number of aryl methyl sites for hydroxylation is 1. The van der Waals surface area contributed by atoms with Crippen molar-refractivity contribution in [2.45, 2.75) is 25.4 Å². The minimum atomic E-state index is -0.514. The molecule has 0 saturated carbocycles. The van der Waals surface area contributed by atoms with Crippen LogP contribution in [0.2, 0.25) is 0 Å². The van der Waals surface area contributed by atoms with Gasteiger partial charge in [0.05, 0.1) is 20.3 Å². The Kier molecular flexibility index (Phi) is 7.36. The van der Waals surface area contributed by atoms with E-state index in [0.717, 1.165) is 11.1 Å². The molecule has 2 N–H and O–H groups in total. The van der Waals surface area contributed by atoms with Crippen LogP contribution in [0.1, 0.15) is 18.5 Å². The van der Waals surface area contributed by atoms with Gasteiger partial charge in [0.2, 0.25) is 5.91 Å². The number of benzene rings is 1. The number of pyridine rings is 1. The molecule has 1 aliphatic heterocycles. The fraction of sp³-hybridized carbons (Fsp3) is 0.391. The first kappa shape index (κ1) is 22.5. The first-order valence-electron chi connectivity index (χ1n) is 10.9. The van der Waals surface area contributed by atoms with E-state index in [1.807, 2.05) is 30.3 Å². The van der Waals surface area contributed by atoms with Crippen LogP contribution in [0.3, 0.4) is 0 Å². The highest BCUT2D eigenvalue weighted by molar-refractivity contribution is 5.94. The number of rotatable bonds is 9. The summed E-state index contributed by atoms with van der Waals surface area (Å²) >= 11 is 0. The van der Waals surface area contributed by atoms with Crippen molar-refractivity contribution in [3.63, 3.8) is 0 Å². The number of aromatic amines is 1. The summed E-state index contributed by atoms with van der Waals surface area (Å²) in [5.41, 5.74) is 2.17. The number of hydrogen-bond acceptors (Lipinski definition) is 7. The van der Waals surface area contributed by atoms with Gasteiger partial charge in [0.25, 0.3) is 0 Å². The topological polar surface area (TPSA) is 119 Å². The van der Waals surface area contributed by atoms with E-state index in [4.69, 9.17) is 14.2 Å². The summed E-state index contributed by atoms with van der Waals surface area (Å²) in [5.74, 6) is 0.554. The van der Waals surface area contributed by atoms with Crippen molar-refractivity contribution >= 4 is 28.7 Å². The molecule has 0 bridgehead atoms. The van der Waals surface area contributed by atoms with Crippen LogP contribution in [-0.4, -0.2) is 66.7 Å². The van der Waals surface area contributed by atoms with Gasteiger partial charge in [0.1, 0.15) is 11.9 Å². The number of hydrogen-bond donors (Lipinski definition) is 2. The number of carbonyl (C=O) groups is 2. The Morgan fingerprint density at radius 3 is 3.03 bits per heavy atom. The summed E-state index contributed by atoms with van der Waals surface area (Å²) in [5, 5.41) is 10.8. The van der Waals surface area contributed by atoms with Gasteiger partial charge in [0, 0.05) is 55.0 Å². The van der Waals surface area contributed by atoms with Crippen LogP contribution >= 0.6 is 0 Å². The number of methoxy groups -OCH3 is 1. The molecule has 33 heavy (non-hydrogen) atoms. The van der Waals surface area contributed by atoms with Gasteiger partial charge >= 0.3 is 6.09 Å². The summed E-state index contributed by atoms with van der Waals surface area (Å²) < 4.78 is 15.8. The molecule has 4 rings (SSSR count). The number of ether oxygens (including phenoxy) is 3. The molecule has 1 saturated heterocycles. The van der Waals surface area contributed by atoms with Gasteiger partial charge in [0.15, 0.2) is 5.65 Å². The smallest absolute Gasteiger partial charge is 0.407 e. The summed E-state index contributed by atoms with van der Waals surface area (Å²) in [4.78, 5) is 31.1. The maximum absolute atomic E-state index is 13.2. The number of carbonyl (C=O) groups excluding carboxylic acids is 2. The fourth-order valence-electron chi connectivity index (χ4n) is 3.70. The predicted molar refractivity (Wildman–Crippen MR) is 121 cm³/mol. The number of alkyl carbamates (subject to hydrolysis) is 1. The molecule has 1 fully saturated rings. The minimum Gasteiger partial charge on any atom is -0.497 e. The standard InChI is InChI=1S/C23H27N5O5/c1-31-17-5-2-4-16(14-17)28(12-11-25-23(30)33-18-9-13-32-15-18)21(29)8-7-20-19-6-3-10-24-22(19)27-26-20/h2-6,10,14,18H,7-9,11-13,15H2,1H3,(H,25,30)(H,24,26,27). The third-order valence-corrected chi connectivity index (χ3v) is 5.43. The highest BCUT2D eigenvalue weighted by atomic mass is 16.6. The summed E-state index contributed by atoms with van der Waals surface area (Å²) in [6, 6.07) is 11.0. The third-order valence-electron chi connectivity index (χ3n) is 5.43. The first-order chi connectivity index (χ1) is 16.1. The van der Waals surface area contributed by atoms with E-state index in [2.05, 4.69) is 20.5 Å². The molecule has 1 aromatic carbocycles. The average molecular weight is 453 g/mol. The van der Waals surface area contributed by atoms with Crippen LogP contribution in [0.15, 0.2) is 42.6 Å². The number of amides is 2. The second-order valence-corrected chi connectivity index (χ2v) is 7.64. The monoisotopic (exact) mass is 453 g/mol. The molecule has 1 unspecified atom stereocenters. The maximum atomic E-state index is 13.2. The highest BCUT2D eigenvalue weighted by Gasteiger charge is 2.21. The van der Waals surface area contributed by atoms with Crippen molar-refractivity contribution in [2.75, 3.05) is 38.3 Å². The second kappa shape index (κ2) is 10.8. The number of H-pyrrole nitrogens is 1. The Morgan fingerprint density at radius 1 is 1.30 bits per heavy atom. The molecule has 0 aliphatic carbocycles. The Hall–Kier alpha value is -3.66. The Labute approximate surface area is 191 Å². The molecule has 2 amide bonds. The molecule has 3 aromatic rings. The van der Waals surface area contributed by atoms with Crippen LogP contribution in [0.4, 0.5) is 10.5 Å². The Bertz CT molecular complexity index is 1100. The molecule has 2 aromatic heterocycles. The van der Waals surface area contributed by atoms with Crippen molar-refractivity contribution in [3.8, 4) is 5.75 Å². The molecule has 1 atom stereocenters. The van der Waals surface area contributed by atoms with Gasteiger partial charge in [-0.1, -0.05) is 6.07 Å². The Morgan fingerprint density at radius 2 is 2.21 bits per heavy atom. The van der Waals surface area contributed by atoms with E-state index < -0.39 is 6.09 Å². The molecule has 10 heteroatoms. The molecule has 0 radical (unpaired) electrons. The van der Waals surface area contributed by atoms with Crippen LogP contribution < -0.4 is 15.0 Å². The molecule has 0 spiro atoms. The number of aromatic nitrogens is 3. The largest absolute Gasteiger partial charge is 0.497 e. The molecular formula is C23H27N5O5. The third kappa shape index (κ3) is 5.78. The van der Waals surface area contributed by atoms with Gasteiger partial charge in [-0.05, 0) is 30.7 Å². The van der Waals surface area contributed by atoms with Crippen molar-refractivity contribution < 1.29 is 23.8 Å². The quantitative estimate of drug-likeness (QED) is 0.511. The van der Waals surface area contributed by atoms with Gasteiger partial charge in [-0.2, -0.15) is 5.10 Å². The zero-order valence-electron chi connectivity index (χ0n) is 18.5. The lowest BCUT2D eigenvalue weighted by atomic mass is 10.1. The van der Waals surface area contributed by atoms with E-state index in [9.17, 15) is 9.59 Å². The average Bonchev–Trinajstić information content (AvgIpc) is 3.50. The van der Waals surface area contributed by atoms with Gasteiger partial charge in [-0.3, -0.25) is 9.89 Å². The van der Waals surface area contributed by atoms with Crippen LogP contribution in [-0.2, 0) is 20.7 Å². The van der Waals surface area contributed by atoms with Crippen molar-refractivity contribution in [1.29, 1.82) is 0 Å². The van der Waals surface area contributed by atoms with Gasteiger partial charge in [-0.25, -0.2) is 9.78 Å². The number of nitrogens with zero attached hydrogens (tertiary/aromatic N) is 3. The SMILES string of the molecule is COc1cccc(N(CCNC(=O)OC2CCOC2)C(=O)CCc2[nH]nc3ncccc23)c1. The van der Waals surface area contributed by atoms with Crippen LogP contribution in [0.5, 0.6) is 5.75 Å². The molecule has 10 nitrogen and oxygen atoms in total. The first-order valence-corrected chi connectivity index (χ1v) is 10.9. The van der Waals surface area contributed by atoms with E-state index in [0.29, 0.717) is 43.1 Å². The van der Waals surface area contributed by atoms with E-state index in [-0.39, 0.29) is 31.5 Å². The number of fused-ring (bicyclic) bond motifs is 1. The van der Waals surface area contributed by atoms with Crippen molar-refractivity contribution in [3.05, 3.63) is 48.3 Å². The van der Waals surface area contributed by atoms with Crippen LogP contribution in [0, 0.1) is 0 Å². The molecule has 174 valence electrons. The van der Waals surface area contributed by atoms with E-state index in [1.165, 1.54) is 0 Å². The maximum Gasteiger partial charge on any atom is 0.407 e. The number of anilines is 1. The zero-order chi connectivity index (χ0) is 23.0. The summed E-state index contributed by atoms with van der Waals surface area (Å²) in [6.45, 7) is 1.54. The molecule has 1 aliphatic rings. The second-order valence-electron chi connectivity index (χ2n) is 7.64. The molecular weight excluding hydrogens is 426 g/mol. The minimum absolute atomic E-state index is 0.0887. The lowest BCUT2D eigenvalue weighted by Gasteiger charge is -2.24. The predicted octanol–water partition coefficient (Wildman–Crippen LogP) is 2.45. The normalized spacial score (nSPS) is 15.4. The summed E-state index contributed by atoms with van der Waals surface area (Å²) in [6.07, 6.45) is 2.38. The van der Waals surface area contributed by atoms with Gasteiger partial charge in [-0.15, -0.1) is 0 Å². The lowest BCUT2D eigenvalue weighted by Crippen LogP contribution is -2.39. The molecule has 3 heterocycles.